The van der Waals surface area contributed by atoms with Crippen molar-refractivity contribution in [1.29, 1.82) is 0 Å². The molecule has 0 unspecified atom stereocenters. The highest BCUT2D eigenvalue weighted by Gasteiger charge is 1.96. The first-order chi connectivity index (χ1) is 11.8. The van der Waals surface area contributed by atoms with E-state index in [1.165, 1.54) is 0 Å². The van der Waals surface area contributed by atoms with Gasteiger partial charge >= 0.3 is 5.97 Å². The Morgan fingerprint density at radius 1 is 0.792 bits per heavy atom. The molecule has 0 radical (unpaired) electrons. The van der Waals surface area contributed by atoms with Crippen LogP contribution in [-0.4, -0.2) is 90.2 Å². The Labute approximate surface area is 143 Å². The zero-order valence-electron chi connectivity index (χ0n) is 14.2. The molecular formula is C16H29NO7. The standard InChI is InChI=1S/C16H29NO7/c1-2-6-20-10-12-22-8-4-17-5-9-23-13-15-24-14-11-21-7-3-16(18)19/h1,17H,3-15H2,(H,18,19). The van der Waals surface area contributed by atoms with Crippen LogP contribution in [0.5, 0.6) is 0 Å². The van der Waals surface area contributed by atoms with E-state index in [0.29, 0.717) is 59.5 Å². The third-order valence-electron chi connectivity index (χ3n) is 2.61. The summed E-state index contributed by atoms with van der Waals surface area (Å²) in [5, 5.41) is 11.6. The fourth-order valence-electron chi connectivity index (χ4n) is 1.47. The summed E-state index contributed by atoms with van der Waals surface area (Å²) in [4.78, 5) is 10.2. The van der Waals surface area contributed by atoms with Crippen LogP contribution in [0.1, 0.15) is 6.42 Å². The van der Waals surface area contributed by atoms with Crippen LogP contribution in [0.2, 0.25) is 0 Å². The summed E-state index contributed by atoms with van der Waals surface area (Å²) in [7, 11) is 0. The number of carboxylic acid groups (broad SMARTS) is 1. The molecule has 0 aromatic heterocycles. The van der Waals surface area contributed by atoms with Crippen LogP contribution in [0.3, 0.4) is 0 Å². The largest absolute Gasteiger partial charge is 0.481 e. The van der Waals surface area contributed by atoms with Gasteiger partial charge in [0.1, 0.15) is 6.61 Å². The predicted molar refractivity (Wildman–Crippen MR) is 88.1 cm³/mol. The Morgan fingerprint density at radius 2 is 1.25 bits per heavy atom. The molecule has 8 nitrogen and oxygen atoms in total. The van der Waals surface area contributed by atoms with Crippen molar-refractivity contribution in [2.24, 2.45) is 0 Å². The molecule has 0 aromatic carbocycles. The molecule has 0 bridgehead atoms. The first kappa shape index (κ1) is 22.8. The van der Waals surface area contributed by atoms with E-state index in [1.54, 1.807) is 0 Å². The Balaban J connectivity index is 2.98. The Bertz CT molecular complexity index is 320. The average molecular weight is 347 g/mol. The van der Waals surface area contributed by atoms with E-state index < -0.39 is 5.97 Å². The summed E-state index contributed by atoms with van der Waals surface area (Å²) in [6.07, 6.45) is 5.06. The first-order valence-electron chi connectivity index (χ1n) is 8.02. The van der Waals surface area contributed by atoms with Crippen LogP contribution in [0.25, 0.3) is 0 Å². The maximum atomic E-state index is 10.2. The Kier molecular flexibility index (Phi) is 18.8. The molecule has 0 aliphatic rings. The smallest absolute Gasteiger partial charge is 0.305 e. The lowest BCUT2D eigenvalue weighted by Gasteiger charge is -2.08. The molecule has 0 atom stereocenters. The van der Waals surface area contributed by atoms with Gasteiger partial charge < -0.3 is 34.1 Å². The first-order valence-corrected chi connectivity index (χ1v) is 8.02. The third kappa shape index (κ3) is 20.8. The summed E-state index contributed by atoms with van der Waals surface area (Å²) in [6.45, 7) is 6.12. The molecule has 0 amide bonds. The minimum Gasteiger partial charge on any atom is -0.481 e. The van der Waals surface area contributed by atoms with Crippen LogP contribution in [-0.2, 0) is 28.5 Å². The highest BCUT2D eigenvalue weighted by molar-refractivity contribution is 5.66. The molecule has 0 aromatic rings. The van der Waals surface area contributed by atoms with Crippen LogP contribution in [0.4, 0.5) is 0 Å². The van der Waals surface area contributed by atoms with E-state index in [1.807, 2.05) is 0 Å². The SMILES string of the molecule is C#CCOCCOCCNCCOCCOCCOCCC(=O)O. The zero-order valence-corrected chi connectivity index (χ0v) is 14.2. The van der Waals surface area contributed by atoms with Crippen LogP contribution in [0, 0.1) is 12.3 Å². The summed E-state index contributed by atoms with van der Waals surface area (Å²) < 4.78 is 26.1. The number of carbonyl (C=O) groups is 1. The minimum absolute atomic E-state index is 0.0146. The second kappa shape index (κ2) is 19.8. The van der Waals surface area contributed by atoms with Crippen molar-refractivity contribution >= 4 is 5.97 Å². The number of carboxylic acids is 1. The highest BCUT2D eigenvalue weighted by atomic mass is 16.5. The van der Waals surface area contributed by atoms with E-state index in [0.717, 1.165) is 13.1 Å². The van der Waals surface area contributed by atoms with Gasteiger partial charge in [-0.1, -0.05) is 5.92 Å². The van der Waals surface area contributed by atoms with E-state index >= 15 is 0 Å². The van der Waals surface area contributed by atoms with Crippen LogP contribution >= 0.6 is 0 Å². The van der Waals surface area contributed by atoms with Crippen molar-refractivity contribution in [2.45, 2.75) is 6.42 Å². The summed E-state index contributed by atoms with van der Waals surface area (Å²) in [6, 6.07) is 0. The lowest BCUT2D eigenvalue weighted by atomic mass is 10.5. The molecule has 8 heteroatoms. The predicted octanol–water partition coefficient (Wildman–Crippen LogP) is -0.233. The van der Waals surface area contributed by atoms with Crippen molar-refractivity contribution in [2.75, 3.05) is 79.2 Å². The van der Waals surface area contributed by atoms with Crippen LogP contribution < -0.4 is 5.32 Å². The number of aliphatic carboxylic acids is 1. The lowest BCUT2D eigenvalue weighted by Crippen LogP contribution is -2.25. The molecule has 2 N–H and O–H groups in total. The maximum absolute atomic E-state index is 10.2. The number of hydrogen-bond donors (Lipinski definition) is 2. The summed E-state index contributed by atoms with van der Waals surface area (Å²) in [5.41, 5.74) is 0. The maximum Gasteiger partial charge on any atom is 0.305 e. The van der Waals surface area contributed by atoms with Crippen LogP contribution in [0.15, 0.2) is 0 Å². The Morgan fingerprint density at radius 3 is 1.75 bits per heavy atom. The highest BCUT2D eigenvalue weighted by Crippen LogP contribution is 1.84. The molecule has 0 aliphatic heterocycles. The molecule has 0 spiro atoms. The second-order valence-corrected chi connectivity index (χ2v) is 4.60. The molecule has 0 heterocycles. The van der Waals surface area contributed by atoms with Crippen molar-refractivity contribution in [3.63, 3.8) is 0 Å². The van der Waals surface area contributed by atoms with Crippen molar-refractivity contribution in [3.05, 3.63) is 0 Å². The summed E-state index contributed by atoms with van der Waals surface area (Å²) in [5.74, 6) is 1.53. The number of hydrogen-bond acceptors (Lipinski definition) is 7. The normalized spacial score (nSPS) is 10.6. The number of nitrogens with one attached hydrogen (secondary N) is 1. The second-order valence-electron chi connectivity index (χ2n) is 4.60. The van der Waals surface area contributed by atoms with Gasteiger partial charge in [0.15, 0.2) is 0 Å². The van der Waals surface area contributed by atoms with Gasteiger partial charge in [0, 0.05) is 13.1 Å². The zero-order chi connectivity index (χ0) is 17.7. The van der Waals surface area contributed by atoms with Gasteiger partial charge in [-0.25, -0.2) is 0 Å². The van der Waals surface area contributed by atoms with E-state index in [9.17, 15) is 4.79 Å². The Hall–Kier alpha value is -1.21. The molecule has 0 saturated carbocycles. The number of terminal acetylenes is 1. The fourth-order valence-corrected chi connectivity index (χ4v) is 1.47. The molecule has 0 saturated heterocycles. The molecule has 0 fully saturated rings. The van der Waals surface area contributed by atoms with Crippen molar-refractivity contribution in [1.82, 2.24) is 5.32 Å². The van der Waals surface area contributed by atoms with Gasteiger partial charge in [0.25, 0.3) is 0 Å². The average Bonchev–Trinajstić information content (AvgIpc) is 2.56. The van der Waals surface area contributed by atoms with Gasteiger partial charge in [-0.3, -0.25) is 4.79 Å². The molecule has 140 valence electrons. The molecule has 24 heavy (non-hydrogen) atoms. The number of rotatable bonds is 19. The fraction of sp³-hybridized carbons (Fsp3) is 0.812. The quantitative estimate of drug-likeness (QED) is 0.244. The van der Waals surface area contributed by atoms with Gasteiger partial charge in [-0.2, -0.15) is 0 Å². The van der Waals surface area contributed by atoms with Gasteiger partial charge in [0.2, 0.25) is 0 Å². The van der Waals surface area contributed by atoms with Gasteiger partial charge in [0.05, 0.1) is 65.9 Å². The lowest BCUT2D eigenvalue weighted by molar-refractivity contribution is -0.138. The van der Waals surface area contributed by atoms with E-state index in [2.05, 4.69) is 11.2 Å². The summed E-state index contributed by atoms with van der Waals surface area (Å²) >= 11 is 0. The van der Waals surface area contributed by atoms with Crippen molar-refractivity contribution < 1.29 is 33.6 Å². The van der Waals surface area contributed by atoms with Gasteiger partial charge in [-0.05, 0) is 0 Å². The van der Waals surface area contributed by atoms with E-state index in [4.69, 9.17) is 35.2 Å². The van der Waals surface area contributed by atoms with Gasteiger partial charge in [-0.15, -0.1) is 6.42 Å². The number of ether oxygens (including phenoxy) is 5. The topological polar surface area (TPSA) is 95.5 Å². The monoisotopic (exact) mass is 347 g/mol. The third-order valence-corrected chi connectivity index (χ3v) is 2.61. The molecule has 0 aliphatic carbocycles. The van der Waals surface area contributed by atoms with E-state index in [-0.39, 0.29) is 13.0 Å². The molecular weight excluding hydrogens is 318 g/mol. The minimum atomic E-state index is -0.862. The van der Waals surface area contributed by atoms with Crippen molar-refractivity contribution in [3.8, 4) is 12.3 Å². The molecule has 0 rings (SSSR count).